The molecule has 22 heavy (non-hydrogen) atoms. The predicted molar refractivity (Wildman–Crippen MR) is 79.5 cm³/mol. The molecule has 122 valence electrons. The molecule has 1 aromatic rings. The van der Waals surface area contributed by atoms with Crippen molar-refractivity contribution in [2.45, 2.75) is 38.2 Å². The van der Waals surface area contributed by atoms with E-state index in [1.54, 1.807) is 0 Å². The van der Waals surface area contributed by atoms with Crippen LogP contribution in [0.1, 0.15) is 42.5 Å². The Bertz CT molecular complexity index is 482. The molecule has 0 aliphatic heterocycles. The van der Waals surface area contributed by atoms with E-state index >= 15 is 0 Å². The van der Waals surface area contributed by atoms with Crippen molar-refractivity contribution in [2.75, 3.05) is 21.3 Å². The smallest absolute Gasteiger partial charge is 0.373 e. The maximum atomic E-state index is 12.1. The Balaban J connectivity index is 2.08. The summed E-state index contributed by atoms with van der Waals surface area (Å²) < 4.78 is 15.6. The quantitative estimate of drug-likeness (QED) is 0.594. The molecule has 0 atom stereocenters. The summed E-state index contributed by atoms with van der Waals surface area (Å²) in [4.78, 5) is 22.3. The number of carbonyl (C=O) groups is 1. The summed E-state index contributed by atoms with van der Waals surface area (Å²) in [6.07, 6.45) is 5.24. The van der Waals surface area contributed by atoms with Gasteiger partial charge in [0.2, 0.25) is 5.75 Å². The van der Waals surface area contributed by atoms with E-state index in [0.29, 0.717) is 17.2 Å². The first kappa shape index (κ1) is 16.4. The summed E-state index contributed by atoms with van der Waals surface area (Å²) in [6.45, 7) is 0. The molecule has 1 fully saturated rings. The van der Waals surface area contributed by atoms with Gasteiger partial charge in [-0.1, -0.05) is 19.3 Å². The van der Waals surface area contributed by atoms with E-state index in [1.165, 1.54) is 39.9 Å². The Morgan fingerprint density at radius 1 is 0.955 bits per heavy atom. The van der Waals surface area contributed by atoms with E-state index < -0.39 is 5.97 Å². The third-order valence-corrected chi connectivity index (χ3v) is 3.71. The summed E-state index contributed by atoms with van der Waals surface area (Å²) >= 11 is 0. The van der Waals surface area contributed by atoms with Crippen LogP contribution < -0.4 is 14.2 Å². The second-order valence-electron chi connectivity index (χ2n) is 5.14. The van der Waals surface area contributed by atoms with Gasteiger partial charge < -0.3 is 14.2 Å². The van der Waals surface area contributed by atoms with Crippen LogP contribution in [0.25, 0.3) is 0 Å². The molecule has 0 radical (unpaired) electrons. The molecule has 0 spiro atoms. The van der Waals surface area contributed by atoms with Crippen molar-refractivity contribution in [1.82, 2.24) is 0 Å². The first-order valence-corrected chi connectivity index (χ1v) is 7.37. The van der Waals surface area contributed by atoms with Gasteiger partial charge in [0.1, 0.15) is 6.10 Å². The molecule has 6 heteroatoms. The van der Waals surface area contributed by atoms with Crippen LogP contribution >= 0.6 is 0 Å². The zero-order valence-electron chi connectivity index (χ0n) is 13.2. The fourth-order valence-electron chi connectivity index (χ4n) is 2.52. The summed E-state index contributed by atoms with van der Waals surface area (Å²) in [7, 11) is 4.49. The first-order valence-electron chi connectivity index (χ1n) is 7.37. The summed E-state index contributed by atoms with van der Waals surface area (Å²) in [5, 5.41) is 0. The van der Waals surface area contributed by atoms with Crippen molar-refractivity contribution in [3.05, 3.63) is 17.7 Å². The molecule has 2 rings (SSSR count). The van der Waals surface area contributed by atoms with Crippen molar-refractivity contribution < 1.29 is 28.8 Å². The molecule has 0 saturated heterocycles. The van der Waals surface area contributed by atoms with Crippen molar-refractivity contribution in [3.63, 3.8) is 0 Å². The average molecular weight is 310 g/mol. The van der Waals surface area contributed by atoms with Gasteiger partial charge in [-0.3, -0.25) is 4.89 Å². The van der Waals surface area contributed by atoms with E-state index in [-0.39, 0.29) is 11.7 Å². The molecular weight excluding hydrogens is 288 g/mol. The lowest BCUT2D eigenvalue weighted by atomic mass is 9.98. The molecule has 1 aliphatic carbocycles. The molecule has 0 aromatic heterocycles. The lowest BCUT2D eigenvalue weighted by molar-refractivity contribution is -0.279. The van der Waals surface area contributed by atoms with Crippen LogP contribution in [0.4, 0.5) is 0 Å². The van der Waals surface area contributed by atoms with Crippen LogP contribution in [0.3, 0.4) is 0 Å². The predicted octanol–water partition coefficient (Wildman–Crippen LogP) is 3.13. The van der Waals surface area contributed by atoms with Crippen LogP contribution in [0.15, 0.2) is 12.1 Å². The van der Waals surface area contributed by atoms with E-state index in [9.17, 15) is 4.79 Å². The van der Waals surface area contributed by atoms with Crippen LogP contribution in [-0.2, 0) is 9.78 Å². The molecule has 1 aliphatic rings. The highest BCUT2D eigenvalue weighted by Gasteiger charge is 2.21. The van der Waals surface area contributed by atoms with Crippen molar-refractivity contribution >= 4 is 5.97 Å². The second-order valence-corrected chi connectivity index (χ2v) is 5.14. The Morgan fingerprint density at radius 3 is 2.05 bits per heavy atom. The van der Waals surface area contributed by atoms with Crippen molar-refractivity contribution in [1.29, 1.82) is 0 Å². The minimum Gasteiger partial charge on any atom is -0.493 e. The molecule has 1 aromatic carbocycles. The van der Waals surface area contributed by atoms with E-state index in [2.05, 4.69) is 0 Å². The van der Waals surface area contributed by atoms with Gasteiger partial charge in [0.15, 0.2) is 11.5 Å². The molecule has 0 amide bonds. The van der Waals surface area contributed by atoms with Gasteiger partial charge in [0.05, 0.1) is 26.9 Å². The van der Waals surface area contributed by atoms with Crippen LogP contribution in [0.5, 0.6) is 17.2 Å². The monoisotopic (exact) mass is 310 g/mol. The Hall–Kier alpha value is -1.95. The SMILES string of the molecule is COc1cc(C(=O)OOC2CCCCC2)cc(OC)c1OC. The van der Waals surface area contributed by atoms with Crippen molar-refractivity contribution in [3.8, 4) is 17.2 Å². The number of methoxy groups -OCH3 is 3. The molecule has 0 heterocycles. The Morgan fingerprint density at radius 2 is 1.55 bits per heavy atom. The highest BCUT2D eigenvalue weighted by molar-refractivity contribution is 5.90. The van der Waals surface area contributed by atoms with Gasteiger partial charge in [0, 0.05) is 0 Å². The highest BCUT2D eigenvalue weighted by Crippen LogP contribution is 2.38. The van der Waals surface area contributed by atoms with Crippen LogP contribution in [-0.4, -0.2) is 33.4 Å². The first-order chi connectivity index (χ1) is 10.7. The topological polar surface area (TPSA) is 63.2 Å². The lowest BCUT2D eigenvalue weighted by Gasteiger charge is -2.20. The van der Waals surface area contributed by atoms with Gasteiger partial charge >= 0.3 is 5.97 Å². The number of carbonyl (C=O) groups excluding carboxylic acids is 1. The third-order valence-electron chi connectivity index (χ3n) is 3.71. The summed E-state index contributed by atoms with van der Waals surface area (Å²) in [6, 6.07) is 3.07. The minimum atomic E-state index is -0.579. The fourth-order valence-corrected chi connectivity index (χ4v) is 2.52. The summed E-state index contributed by atoms with van der Waals surface area (Å²) in [5.74, 6) is 0.637. The zero-order valence-corrected chi connectivity index (χ0v) is 13.2. The maximum Gasteiger partial charge on any atom is 0.373 e. The van der Waals surface area contributed by atoms with Gasteiger partial charge in [-0.25, -0.2) is 4.79 Å². The number of hydrogen-bond acceptors (Lipinski definition) is 6. The average Bonchev–Trinajstić information content (AvgIpc) is 2.59. The number of hydrogen-bond donors (Lipinski definition) is 0. The molecule has 6 nitrogen and oxygen atoms in total. The van der Waals surface area contributed by atoms with Crippen LogP contribution in [0, 0.1) is 0 Å². The fraction of sp³-hybridized carbons (Fsp3) is 0.562. The standard InChI is InChI=1S/C16H22O6/c1-18-13-9-11(10-14(19-2)15(13)20-3)16(17)22-21-12-7-5-4-6-8-12/h9-10,12H,4-8H2,1-3H3. The molecular formula is C16H22O6. The number of benzene rings is 1. The normalized spacial score (nSPS) is 15.2. The molecule has 0 bridgehead atoms. The number of rotatable bonds is 6. The Kier molecular flexibility index (Phi) is 5.89. The minimum absolute atomic E-state index is 0.0141. The third kappa shape index (κ3) is 3.82. The van der Waals surface area contributed by atoms with Crippen LogP contribution in [0.2, 0.25) is 0 Å². The Labute approximate surface area is 130 Å². The number of ether oxygens (including phenoxy) is 3. The van der Waals surface area contributed by atoms with E-state index in [4.69, 9.17) is 24.0 Å². The van der Waals surface area contributed by atoms with Gasteiger partial charge in [-0.2, -0.15) is 4.89 Å². The zero-order chi connectivity index (χ0) is 15.9. The second kappa shape index (κ2) is 7.89. The maximum absolute atomic E-state index is 12.1. The summed E-state index contributed by atoms with van der Waals surface area (Å²) in [5.41, 5.74) is 0.283. The molecule has 0 N–H and O–H groups in total. The highest BCUT2D eigenvalue weighted by atomic mass is 17.2. The van der Waals surface area contributed by atoms with Gasteiger partial charge in [0.25, 0.3) is 0 Å². The lowest BCUT2D eigenvalue weighted by Crippen LogP contribution is -2.19. The van der Waals surface area contributed by atoms with E-state index in [0.717, 1.165) is 25.7 Å². The van der Waals surface area contributed by atoms with Crippen molar-refractivity contribution in [2.24, 2.45) is 0 Å². The van der Waals surface area contributed by atoms with Gasteiger partial charge in [-0.15, -0.1) is 0 Å². The van der Waals surface area contributed by atoms with E-state index in [1.807, 2.05) is 0 Å². The molecule has 0 unspecified atom stereocenters. The molecule has 1 saturated carbocycles. The van der Waals surface area contributed by atoms with Gasteiger partial charge in [-0.05, 0) is 25.0 Å². The largest absolute Gasteiger partial charge is 0.493 e.